The number of benzene rings is 1. The van der Waals surface area contributed by atoms with Crippen LogP contribution in [0.4, 0.5) is 0 Å². The van der Waals surface area contributed by atoms with Crippen molar-refractivity contribution in [1.82, 2.24) is 15.0 Å². The number of thiol groups is 1. The minimum Gasteiger partial charge on any atom is -0.296 e. The molecule has 4 fully saturated rings. The summed E-state index contributed by atoms with van der Waals surface area (Å²) in [5, 5.41) is 8.52. The van der Waals surface area contributed by atoms with Crippen LogP contribution >= 0.6 is 12.6 Å². The summed E-state index contributed by atoms with van der Waals surface area (Å²) < 4.78 is 0. The Kier molecular flexibility index (Phi) is 5.36. The average molecular weight is 438 g/mol. The zero-order valence-electron chi connectivity index (χ0n) is 18.4. The second-order valence-corrected chi connectivity index (χ2v) is 11.3. The number of hydrogen-bond donors (Lipinski definition) is 1. The van der Waals surface area contributed by atoms with E-state index in [4.69, 9.17) is 12.6 Å². The Morgan fingerprint density at radius 2 is 1.35 bits per heavy atom. The highest BCUT2D eigenvalue weighted by molar-refractivity contribution is 7.81. The highest BCUT2D eigenvalue weighted by Crippen LogP contribution is 2.58. The van der Waals surface area contributed by atoms with Gasteiger partial charge in [-0.15, -0.1) is 12.6 Å². The normalized spacial score (nSPS) is 38.7. The molecule has 166 valence electrons. The summed E-state index contributed by atoms with van der Waals surface area (Å²) in [6.45, 7) is 0. The largest absolute Gasteiger partial charge is 0.296 e. The highest BCUT2D eigenvalue weighted by Gasteiger charge is 2.52. The van der Waals surface area contributed by atoms with Crippen LogP contribution in [-0.2, 0) is 4.79 Å². The number of nitrogens with zero attached hydrogens (tertiary/aromatic N) is 3. The van der Waals surface area contributed by atoms with Crippen LogP contribution in [0.15, 0.2) is 24.3 Å². The first-order chi connectivity index (χ1) is 15.2. The fourth-order valence-electron chi connectivity index (χ4n) is 8.34. The van der Waals surface area contributed by atoms with Crippen LogP contribution in [0.3, 0.4) is 0 Å². The SMILES string of the molecule is O=C([C@H]1CCC2[C@@H]3CCC[C@@H]4CCCC[C@@H]4C3CC[C@@H]21)[C@@H](S)n1nc2ccccc2n1. The van der Waals surface area contributed by atoms with Gasteiger partial charge in [0, 0.05) is 5.92 Å². The van der Waals surface area contributed by atoms with Gasteiger partial charge >= 0.3 is 0 Å². The summed E-state index contributed by atoms with van der Waals surface area (Å²) in [4.78, 5) is 15.1. The molecule has 31 heavy (non-hydrogen) atoms. The topological polar surface area (TPSA) is 47.8 Å². The van der Waals surface area contributed by atoms with E-state index in [1.54, 1.807) is 4.80 Å². The van der Waals surface area contributed by atoms with E-state index < -0.39 is 5.37 Å². The van der Waals surface area contributed by atoms with Crippen molar-refractivity contribution in [2.24, 2.45) is 41.4 Å². The lowest BCUT2D eigenvalue weighted by Gasteiger charge is -2.46. The van der Waals surface area contributed by atoms with Crippen LogP contribution in [0, 0.1) is 41.4 Å². The molecular weight excluding hydrogens is 402 g/mol. The van der Waals surface area contributed by atoms with Gasteiger partial charge in [-0.2, -0.15) is 15.0 Å². The van der Waals surface area contributed by atoms with Crippen LogP contribution in [0.25, 0.3) is 11.0 Å². The molecule has 5 heteroatoms. The summed E-state index contributed by atoms with van der Waals surface area (Å²) in [5.74, 6) is 5.51. The molecule has 2 aromatic rings. The summed E-state index contributed by atoms with van der Waals surface area (Å²) in [5.41, 5.74) is 1.67. The number of hydrogen-bond acceptors (Lipinski definition) is 4. The van der Waals surface area contributed by atoms with Crippen molar-refractivity contribution in [3.63, 3.8) is 0 Å². The van der Waals surface area contributed by atoms with Gasteiger partial charge in [0.25, 0.3) is 0 Å². The van der Waals surface area contributed by atoms with Crippen molar-refractivity contribution in [3.8, 4) is 0 Å². The standard InChI is InChI=1S/C26H35N3OS/c30-25(26(31)29-27-23-10-3-4-11-24(23)28-29)22-15-14-20-18-9-5-7-16-6-1-2-8-17(16)19(18)12-13-21(20)22/h3-4,10-11,16-22,26,31H,1-2,5-9,12-15H2/t16-,17-,18+,19?,20?,21-,22-,26+/m0/s1. The van der Waals surface area contributed by atoms with E-state index in [1.165, 1.54) is 64.2 Å². The first-order valence-electron chi connectivity index (χ1n) is 12.7. The van der Waals surface area contributed by atoms with E-state index in [9.17, 15) is 4.79 Å². The Morgan fingerprint density at radius 3 is 2.16 bits per heavy atom. The maximum atomic E-state index is 13.6. The van der Waals surface area contributed by atoms with Crippen molar-refractivity contribution >= 4 is 29.4 Å². The van der Waals surface area contributed by atoms with Gasteiger partial charge < -0.3 is 0 Å². The molecule has 0 radical (unpaired) electrons. The molecule has 4 saturated carbocycles. The van der Waals surface area contributed by atoms with Gasteiger partial charge in [-0.05, 0) is 86.2 Å². The average Bonchev–Trinajstić information content (AvgIpc) is 3.38. The van der Waals surface area contributed by atoms with E-state index in [1.807, 2.05) is 24.3 Å². The van der Waals surface area contributed by atoms with E-state index in [0.29, 0.717) is 5.92 Å². The molecule has 0 N–H and O–H groups in total. The van der Waals surface area contributed by atoms with Crippen molar-refractivity contribution < 1.29 is 4.79 Å². The Balaban J connectivity index is 1.20. The molecule has 4 aliphatic carbocycles. The molecule has 0 saturated heterocycles. The van der Waals surface area contributed by atoms with Crippen molar-refractivity contribution in [3.05, 3.63) is 24.3 Å². The number of aromatic nitrogens is 3. The molecule has 2 unspecified atom stereocenters. The summed E-state index contributed by atoms with van der Waals surface area (Å²) in [6, 6.07) is 7.81. The first kappa shape index (κ1) is 20.3. The highest BCUT2D eigenvalue weighted by atomic mass is 32.1. The maximum absolute atomic E-state index is 13.6. The molecule has 1 heterocycles. The van der Waals surface area contributed by atoms with Crippen LogP contribution in [-0.4, -0.2) is 20.8 Å². The van der Waals surface area contributed by atoms with Gasteiger partial charge in [-0.25, -0.2) is 0 Å². The molecule has 0 spiro atoms. The molecule has 8 atom stereocenters. The molecule has 6 rings (SSSR count). The molecule has 1 aromatic heterocycles. The minimum atomic E-state index is -0.564. The third kappa shape index (κ3) is 3.46. The fourth-order valence-corrected chi connectivity index (χ4v) is 8.63. The molecule has 1 aromatic carbocycles. The van der Waals surface area contributed by atoms with Crippen LogP contribution in [0.2, 0.25) is 0 Å². The van der Waals surface area contributed by atoms with Crippen molar-refractivity contribution in [2.45, 2.75) is 76.0 Å². The maximum Gasteiger partial charge on any atom is 0.173 e. The Bertz CT molecular complexity index is 924. The van der Waals surface area contributed by atoms with E-state index in [-0.39, 0.29) is 11.7 Å². The monoisotopic (exact) mass is 437 g/mol. The predicted molar refractivity (Wildman–Crippen MR) is 126 cm³/mol. The molecule has 0 aliphatic heterocycles. The zero-order chi connectivity index (χ0) is 20.9. The smallest absolute Gasteiger partial charge is 0.173 e. The number of carbonyl (C=O) groups is 1. The van der Waals surface area contributed by atoms with Gasteiger partial charge in [-0.3, -0.25) is 4.79 Å². The predicted octanol–water partition coefficient (Wildman–Crippen LogP) is 6.09. The summed E-state index contributed by atoms with van der Waals surface area (Å²) >= 11 is 4.72. The van der Waals surface area contributed by atoms with Crippen LogP contribution < -0.4 is 0 Å². The third-order valence-corrected chi connectivity index (χ3v) is 10.0. The molecule has 0 bridgehead atoms. The minimum absolute atomic E-state index is 0.146. The third-order valence-electron chi connectivity index (χ3n) is 9.58. The Morgan fingerprint density at radius 1 is 0.774 bits per heavy atom. The Labute approximate surface area is 191 Å². The van der Waals surface area contributed by atoms with Gasteiger partial charge in [-0.1, -0.05) is 44.2 Å². The second kappa shape index (κ2) is 8.20. The lowest BCUT2D eigenvalue weighted by Crippen LogP contribution is -2.40. The van der Waals surface area contributed by atoms with Gasteiger partial charge in [0.1, 0.15) is 11.0 Å². The lowest BCUT2D eigenvalue weighted by atomic mass is 9.59. The molecule has 0 amide bonds. The Hall–Kier alpha value is -1.36. The van der Waals surface area contributed by atoms with Crippen LogP contribution in [0.1, 0.15) is 76.0 Å². The lowest BCUT2D eigenvalue weighted by molar-refractivity contribution is -0.126. The van der Waals surface area contributed by atoms with Crippen molar-refractivity contribution in [2.75, 3.05) is 0 Å². The fraction of sp³-hybridized carbons (Fsp3) is 0.731. The summed E-state index contributed by atoms with van der Waals surface area (Å²) in [6.07, 6.45) is 15.1. The molecular formula is C26H35N3OS. The quantitative estimate of drug-likeness (QED) is 0.591. The number of fused-ring (bicyclic) bond motifs is 6. The first-order valence-corrected chi connectivity index (χ1v) is 13.3. The second-order valence-electron chi connectivity index (χ2n) is 10.8. The zero-order valence-corrected chi connectivity index (χ0v) is 19.3. The number of carbonyl (C=O) groups excluding carboxylic acids is 1. The molecule has 4 nitrogen and oxygen atoms in total. The van der Waals surface area contributed by atoms with E-state index in [2.05, 4.69) is 10.2 Å². The number of rotatable bonds is 3. The molecule has 4 aliphatic rings. The van der Waals surface area contributed by atoms with Crippen molar-refractivity contribution in [1.29, 1.82) is 0 Å². The van der Waals surface area contributed by atoms with Crippen LogP contribution in [0.5, 0.6) is 0 Å². The number of Topliss-reactive ketones (excluding diaryl/α,β-unsaturated/α-hetero) is 1. The number of ketones is 1. The van der Waals surface area contributed by atoms with Gasteiger partial charge in [0.15, 0.2) is 11.2 Å². The van der Waals surface area contributed by atoms with Gasteiger partial charge in [0.05, 0.1) is 0 Å². The summed E-state index contributed by atoms with van der Waals surface area (Å²) in [7, 11) is 0. The van der Waals surface area contributed by atoms with E-state index >= 15 is 0 Å². The van der Waals surface area contributed by atoms with E-state index in [0.717, 1.165) is 47.0 Å². The van der Waals surface area contributed by atoms with Gasteiger partial charge in [0.2, 0.25) is 0 Å².